The topological polar surface area (TPSA) is 66.9 Å². The Bertz CT molecular complexity index is 1070. The lowest BCUT2D eigenvalue weighted by Gasteiger charge is -2.35. The summed E-state index contributed by atoms with van der Waals surface area (Å²) in [6.07, 6.45) is 3.49. The van der Waals surface area contributed by atoms with Crippen LogP contribution in [0.3, 0.4) is 0 Å². The smallest absolute Gasteiger partial charge is 0.255 e. The summed E-state index contributed by atoms with van der Waals surface area (Å²) < 4.78 is 11.7. The molecule has 1 fully saturated rings. The van der Waals surface area contributed by atoms with Gasteiger partial charge in [0.15, 0.2) is 11.5 Å². The molecule has 0 aliphatic carbocycles. The minimum Gasteiger partial charge on any atom is -0.490 e. The first-order valence-electron chi connectivity index (χ1n) is 11.3. The number of carbonyl (C=O) groups is 1. The second kappa shape index (κ2) is 10.8. The van der Waals surface area contributed by atoms with Crippen LogP contribution >= 0.6 is 0 Å². The Morgan fingerprint density at radius 2 is 1.82 bits per heavy atom. The molecule has 172 valence electrons. The van der Waals surface area contributed by atoms with E-state index < -0.39 is 0 Å². The van der Waals surface area contributed by atoms with Gasteiger partial charge in [0, 0.05) is 49.7 Å². The molecule has 33 heavy (non-hydrogen) atoms. The van der Waals surface area contributed by atoms with Gasteiger partial charge in [0.25, 0.3) is 5.91 Å². The Hall–Kier alpha value is -3.58. The molecule has 2 heterocycles. The lowest BCUT2D eigenvalue weighted by atomic mass is 10.1. The Balaban J connectivity index is 1.49. The minimum atomic E-state index is -0.184. The van der Waals surface area contributed by atoms with E-state index in [2.05, 4.69) is 33.2 Å². The largest absolute Gasteiger partial charge is 0.490 e. The molecule has 1 aliphatic heterocycles. The van der Waals surface area contributed by atoms with Gasteiger partial charge in [-0.15, -0.1) is 0 Å². The number of rotatable bonds is 8. The number of hydrogen-bond donors (Lipinski definition) is 1. The predicted octanol–water partition coefficient (Wildman–Crippen LogP) is 4.06. The number of ether oxygens (including phenoxy) is 2. The molecule has 1 N–H and O–H groups in total. The number of carbonyl (C=O) groups excluding carboxylic acids is 1. The minimum absolute atomic E-state index is 0.184. The molecule has 0 spiro atoms. The Morgan fingerprint density at radius 1 is 1.00 bits per heavy atom. The first-order valence-corrected chi connectivity index (χ1v) is 11.3. The highest BCUT2D eigenvalue weighted by Crippen LogP contribution is 2.31. The average Bonchev–Trinajstić information content (AvgIpc) is 2.85. The summed E-state index contributed by atoms with van der Waals surface area (Å²) in [5.41, 5.74) is 3.32. The Morgan fingerprint density at radius 3 is 2.58 bits per heavy atom. The van der Waals surface area contributed by atoms with Crippen LogP contribution in [-0.4, -0.2) is 55.6 Å². The number of likely N-dealkylation sites (N-methyl/N-ethyl adjacent to an activating group) is 1. The summed E-state index contributed by atoms with van der Waals surface area (Å²) in [5.74, 6) is 0.952. The number of nitrogens with one attached hydrogen (secondary N) is 1. The second-order valence-corrected chi connectivity index (χ2v) is 8.01. The van der Waals surface area contributed by atoms with Gasteiger partial charge in [-0.25, -0.2) is 0 Å². The summed E-state index contributed by atoms with van der Waals surface area (Å²) in [6.45, 7) is 6.62. The zero-order valence-electron chi connectivity index (χ0n) is 19.2. The van der Waals surface area contributed by atoms with Gasteiger partial charge in [0.1, 0.15) is 6.61 Å². The van der Waals surface area contributed by atoms with E-state index >= 15 is 0 Å². The van der Waals surface area contributed by atoms with Crippen LogP contribution < -0.4 is 19.7 Å². The van der Waals surface area contributed by atoms with Gasteiger partial charge in [0.05, 0.1) is 18.0 Å². The van der Waals surface area contributed by atoms with Crippen molar-refractivity contribution in [1.82, 2.24) is 9.88 Å². The van der Waals surface area contributed by atoms with Crippen molar-refractivity contribution in [2.24, 2.45) is 0 Å². The fourth-order valence-corrected chi connectivity index (χ4v) is 3.78. The molecule has 1 saturated heterocycles. The van der Waals surface area contributed by atoms with E-state index in [0.717, 1.165) is 43.1 Å². The van der Waals surface area contributed by atoms with Crippen LogP contribution in [0.25, 0.3) is 0 Å². The van der Waals surface area contributed by atoms with Crippen LogP contribution in [0.5, 0.6) is 11.5 Å². The van der Waals surface area contributed by atoms with Crippen molar-refractivity contribution in [2.45, 2.75) is 13.5 Å². The fourth-order valence-electron chi connectivity index (χ4n) is 3.78. The standard InChI is InChI=1S/C26H30N4O3/c1-3-32-25-17-21(10-11-24(25)33-19-20-7-6-12-27-18-20)26(31)28-22-8-4-5-9-23(22)30-15-13-29(2)14-16-30/h4-12,17-18H,3,13-16,19H2,1-2H3,(H,28,31). The van der Waals surface area contributed by atoms with Gasteiger partial charge in [-0.1, -0.05) is 18.2 Å². The number of piperazine rings is 1. The number of benzene rings is 2. The zero-order chi connectivity index (χ0) is 23.0. The zero-order valence-corrected chi connectivity index (χ0v) is 19.2. The maximum atomic E-state index is 13.1. The number of anilines is 2. The third-order valence-corrected chi connectivity index (χ3v) is 5.62. The number of nitrogens with zero attached hydrogens (tertiary/aromatic N) is 3. The van der Waals surface area contributed by atoms with E-state index in [1.54, 1.807) is 30.6 Å². The van der Waals surface area contributed by atoms with E-state index in [1.807, 2.05) is 37.3 Å². The number of para-hydroxylation sites is 2. The van der Waals surface area contributed by atoms with Crippen LogP contribution in [0.15, 0.2) is 67.0 Å². The number of hydrogen-bond acceptors (Lipinski definition) is 6. The van der Waals surface area contributed by atoms with E-state index in [0.29, 0.717) is 30.3 Å². The summed E-state index contributed by atoms with van der Waals surface area (Å²) in [4.78, 5) is 21.8. The highest BCUT2D eigenvalue weighted by molar-refractivity contribution is 6.06. The SMILES string of the molecule is CCOc1cc(C(=O)Nc2ccccc2N2CCN(C)CC2)ccc1OCc1cccnc1. The summed E-state index contributed by atoms with van der Waals surface area (Å²) in [6, 6.07) is 17.0. The monoisotopic (exact) mass is 446 g/mol. The van der Waals surface area contributed by atoms with Crippen molar-refractivity contribution in [3.8, 4) is 11.5 Å². The van der Waals surface area contributed by atoms with E-state index in [4.69, 9.17) is 9.47 Å². The first-order chi connectivity index (χ1) is 16.1. The summed E-state index contributed by atoms with van der Waals surface area (Å²) in [7, 11) is 2.13. The van der Waals surface area contributed by atoms with Gasteiger partial charge in [-0.3, -0.25) is 9.78 Å². The molecule has 4 rings (SSSR count). The molecular weight excluding hydrogens is 416 g/mol. The first kappa shape index (κ1) is 22.6. The predicted molar refractivity (Wildman–Crippen MR) is 130 cm³/mol. The molecule has 2 aromatic carbocycles. The maximum absolute atomic E-state index is 13.1. The van der Waals surface area contributed by atoms with Gasteiger partial charge < -0.3 is 24.6 Å². The van der Waals surface area contributed by atoms with Crippen molar-refractivity contribution in [3.63, 3.8) is 0 Å². The van der Waals surface area contributed by atoms with Gasteiger partial charge in [0.2, 0.25) is 0 Å². The lowest BCUT2D eigenvalue weighted by molar-refractivity contribution is 0.102. The van der Waals surface area contributed by atoms with Crippen LogP contribution in [-0.2, 0) is 6.61 Å². The van der Waals surface area contributed by atoms with Gasteiger partial charge in [-0.05, 0) is 50.4 Å². The van der Waals surface area contributed by atoms with E-state index in [1.165, 1.54) is 0 Å². The van der Waals surface area contributed by atoms with Crippen molar-refractivity contribution >= 4 is 17.3 Å². The van der Waals surface area contributed by atoms with Crippen LogP contribution in [0.4, 0.5) is 11.4 Å². The Labute approximate surface area is 195 Å². The molecule has 7 heteroatoms. The highest BCUT2D eigenvalue weighted by Gasteiger charge is 2.19. The fraction of sp³-hybridized carbons (Fsp3) is 0.308. The molecule has 0 saturated carbocycles. The van der Waals surface area contributed by atoms with Crippen LogP contribution in [0.2, 0.25) is 0 Å². The molecule has 0 radical (unpaired) electrons. The third kappa shape index (κ3) is 5.81. The van der Waals surface area contributed by atoms with E-state index in [9.17, 15) is 4.79 Å². The van der Waals surface area contributed by atoms with Gasteiger partial charge >= 0.3 is 0 Å². The summed E-state index contributed by atoms with van der Waals surface area (Å²) >= 11 is 0. The molecule has 1 amide bonds. The molecule has 0 atom stereocenters. The highest BCUT2D eigenvalue weighted by atomic mass is 16.5. The molecule has 1 aliphatic rings. The number of aromatic nitrogens is 1. The molecule has 0 bridgehead atoms. The normalized spacial score (nSPS) is 14.1. The van der Waals surface area contributed by atoms with Crippen molar-refractivity contribution < 1.29 is 14.3 Å². The quantitative estimate of drug-likeness (QED) is 0.563. The molecular formula is C26H30N4O3. The van der Waals surface area contributed by atoms with Crippen LogP contribution in [0, 0.1) is 0 Å². The molecule has 7 nitrogen and oxygen atoms in total. The molecule has 1 aromatic heterocycles. The van der Waals surface area contributed by atoms with E-state index in [-0.39, 0.29) is 5.91 Å². The van der Waals surface area contributed by atoms with Crippen molar-refractivity contribution in [1.29, 1.82) is 0 Å². The van der Waals surface area contributed by atoms with Crippen molar-refractivity contribution in [2.75, 3.05) is 50.1 Å². The van der Waals surface area contributed by atoms with Crippen LogP contribution in [0.1, 0.15) is 22.8 Å². The lowest BCUT2D eigenvalue weighted by Crippen LogP contribution is -2.44. The van der Waals surface area contributed by atoms with Crippen molar-refractivity contribution in [3.05, 3.63) is 78.1 Å². The average molecular weight is 447 g/mol. The molecule has 3 aromatic rings. The van der Waals surface area contributed by atoms with Gasteiger partial charge in [-0.2, -0.15) is 0 Å². The summed E-state index contributed by atoms with van der Waals surface area (Å²) in [5, 5.41) is 3.08. The maximum Gasteiger partial charge on any atom is 0.255 e. The number of amides is 1. The number of pyridine rings is 1. The molecule has 0 unspecified atom stereocenters. The second-order valence-electron chi connectivity index (χ2n) is 8.01. The Kier molecular flexibility index (Phi) is 7.42. The third-order valence-electron chi connectivity index (χ3n) is 5.62.